The molecule has 96 valence electrons. The molecule has 0 rings (SSSR count). The average Bonchev–Trinajstić information content (AvgIpc) is 2.21. The summed E-state index contributed by atoms with van der Waals surface area (Å²) in [6.07, 6.45) is 0.621. The van der Waals surface area contributed by atoms with Gasteiger partial charge in [0.2, 0.25) is 0 Å². The first-order chi connectivity index (χ1) is 7.47. The van der Waals surface area contributed by atoms with E-state index in [2.05, 4.69) is 5.32 Å². The van der Waals surface area contributed by atoms with Crippen LogP contribution < -0.4 is 5.32 Å². The zero-order valence-electron chi connectivity index (χ0n) is 10.3. The molecule has 0 amide bonds. The van der Waals surface area contributed by atoms with Gasteiger partial charge >= 0.3 is 5.97 Å². The summed E-state index contributed by atoms with van der Waals surface area (Å²) in [4.78, 5) is 10.9. The highest BCUT2D eigenvalue weighted by Gasteiger charge is 2.17. The number of carboxylic acids is 1. The van der Waals surface area contributed by atoms with Crippen LogP contribution in [0.25, 0.3) is 0 Å². The van der Waals surface area contributed by atoms with Crippen LogP contribution in [0.4, 0.5) is 0 Å². The van der Waals surface area contributed by atoms with Crippen molar-refractivity contribution >= 4 is 17.7 Å². The molecule has 5 heteroatoms. The number of nitrogens with one attached hydrogen (secondary N) is 1. The number of hydrogen-bond acceptors (Lipinski definition) is 4. The van der Waals surface area contributed by atoms with E-state index in [4.69, 9.17) is 10.2 Å². The first-order valence-corrected chi connectivity index (χ1v) is 6.80. The van der Waals surface area contributed by atoms with Gasteiger partial charge in [-0.2, -0.15) is 11.8 Å². The second-order valence-corrected chi connectivity index (χ2v) is 5.51. The summed E-state index contributed by atoms with van der Waals surface area (Å²) >= 11 is 1.70. The second kappa shape index (κ2) is 8.84. The van der Waals surface area contributed by atoms with Crippen LogP contribution in [0.1, 0.15) is 27.2 Å². The van der Waals surface area contributed by atoms with E-state index in [1.165, 1.54) is 0 Å². The van der Waals surface area contributed by atoms with Gasteiger partial charge in [0, 0.05) is 12.6 Å². The van der Waals surface area contributed by atoms with Crippen molar-refractivity contribution in [3.63, 3.8) is 0 Å². The van der Waals surface area contributed by atoms with Gasteiger partial charge < -0.3 is 15.5 Å². The normalized spacial score (nSPS) is 15.1. The summed E-state index contributed by atoms with van der Waals surface area (Å²) in [7, 11) is 0. The van der Waals surface area contributed by atoms with E-state index in [9.17, 15) is 4.79 Å². The number of aliphatic hydroxyl groups is 1. The Morgan fingerprint density at radius 1 is 1.38 bits per heavy atom. The second-order valence-electron chi connectivity index (χ2n) is 4.36. The standard InChI is InChI=1S/C11H23NO3S/c1-8(2)12-10(11(14)15)4-5-16-7-9(3)6-13/h8-10,12-13H,4-7H2,1-3H3,(H,14,15). The molecule has 0 heterocycles. The van der Waals surface area contributed by atoms with Gasteiger partial charge in [-0.1, -0.05) is 20.8 Å². The lowest BCUT2D eigenvalue weighted by Gasteiger charge is -2.17. The third-order valence-electron chi connectivity index (χ3n) is 2.10. The number of aliphatic carboxylic acids is 1. The van der Waals surface area contributed by atoms with Crippen molar-refractivity contribution in [2.24, 2.45) is 5.92 Å². The predicted molar refractivity (Wildman–Crippen MR) is 67.9 cm³/mol. The molecule has 0 bridgehead atoms. The van der Waals surface area contributed by atoms with E-state index in [0.29, 0.717) is 6.42 Å². The maximum Gasteiger partial charge on any atom is 0.320 e. The summed E-state index contributed by atoms with van der Waals surface area (Å²) in [5.74, 6) is 1.18. The summed E-state index contributed by atoms with van der Waals surface area (Å²) < 4.78 is 0. The number of aliphatic hydroxyl groups excluding tert-OH is 1. The van der Waals surface area contributed by atoms with Gasteiger partial charge in [-0.3, -0.25) is 4.79 Å². The zero-order chi connectivity index (χ0) is 12.6. The fraction of sp³-hybridized carbons (Fsp3) is 0.909. The zero-order valence-corrected chi connectivity index (χ0v) is 11.1. The molecule has 0 aliphatic rings. The van der Waals surface area contributed by atoms with Crippen molar-refractivity contribution in [1.29, 1.82) is 0 Å². The molecule has 16 heavy (non-hydrogen) atoms. The molecule has 2 atom stereocenters. The number of thioether (sulfide) groups is 1. The molecular weight excluding hydrogens is 226 g/mol. The quantitative estimate of drug-likeness (QED) is 0.536. The maximum absolute atomic E-state index is 10.9. The minimum atomic E-state index is -0.787. The number of carboxylic acid groups (broad SMARTS) is 1. The Morgan fingerprint density at radius 2 is 2.00 bits per heavy atom. The molecule has 0 aromatic carbocycles. The minimum absolute atomic E-state index is 0.183. The lowest BCUT2D eigenvalue weighted by molar-refractivity contribution is -0.139. The molecule has 0 radical (unpaired) electrons. The molecule has 0 saturated carbocycles. The lowest BCUT2D eigenvalue weighted by Crippen LogP contribution is -2.41. The molecule has 0 aromatic heterocycles. The van der Waals surface area contributed by atoms with Gasteiger partial charge in [0.15, 0.2) is 0 Å². The summed E-state index contributed by atoms with van der Waals surface area (Å²) in [5.41, 5.74) is 0. The summed E-state index contributed by atoms with van der Waals surface area (Å²) in [6.45, 7) is 6.06. The SMILES string of the molecule is CC(CO)CSCCC(NC(C)C)C(=O)O. The molecule has 0 aliphatic carbocycles. The van der Waals surface area contributed by atoms with E-state index in [1.807, 2.05) is 20.8 Å². The molecule has 3 N–H and O–H groups in total. The lowest BCUT2D eigenvalue weighted by atomic mass is 10.2. The van der Waals surface area contributed by atoms with Crippen LogP contribution >= 0.6 is 11.8 Å². The van der Waals surface area contributed by atoms with E-state index in [1.54, 1.807) is 11.8 Å². The van der Waals surface area contributed by atoms with Gasteiger partial charge in [0.05, 0.1) is 0 Å². The summed E-state index contributed by atoms with van der Waals surface area (Å²) in [5, 5.41) is 20.8. The molecular formula is C11H23NO3S. The Kier molecular flexibility index (Phi) is 8.70. The third kappa shape index (κ3) is 7.96. The van der Waals surface area contributed by atoms with E-state index >= 15 is 0 Å². The van der Waals surface area contributed by atoms with Crippen molar-refractivity contribution in [2.75, 3.05) is 18.1 Å². The van der Waals surface area contributed by atoms with Crippen molar-refractivity contribution in [2.45, 2.75) is 39.3 Å². The van der Waals surface area contributed by atoms with Crippen LogP contribution in [0.3, 0.4) is 0 Å². The van der Waals surface area contributed by atoms with E-state index in [0.717, 1.165) is 11.5 Å². The monoisotopic (exact) mass is 249 g/mol. The number of carbonyl (C=O) groups is 1. The van der Waals surface area contributed by atoms with E-state index < -0.39 is 12.0 Å². The Morgan fingerprint density at radius 3 is 2.44 bits per heavy atom. The topological polar surface area (TPSA) is 69.6 Å². The van der Waals surface area contributed by atoms with Gasteiger partial charge in [0.1, 0.15) is 6.04 Å². The maximum atomic E-state index is 10.9. The smallest absolute Gasteiger partial charge is 0.320 e. The molecule has 2 unspecified atom stereocenters. The van der Waals surface area contributed by atoms with Crippen LogP contribution in [0.5, 0.6) is 0 Å². The summed E-state index contributed by atoms with van der Waals surface area (Å²) in [6, 6.07) is -0.278. The Bertz CT molecular complexity index is 200. The fourth-order valence-electron chi connectivity index (χ4n) is 1.22. The molecule has 0 fully saturated rings. The average molecular weight is 249 g/mol. The van der Waals surface area contributed by atoms with Gasteiger partial charge in [-0.05, 0) is 23.8 Å². The van der Waals surface area contributed by atoms with Crippen molar-refractivity contribution < 1.29 is 15.0 Å². The van der Waals surface area contributed by atoms with Gasteiger partial charge in [0.25, 0.3) is 0 Å². The van der Waals surface area contributed by atoms with Crippen LogP contribution in [0.2, 0.25) is 0 Å². The molecule has 4 nitrogen and oxygen atoms in total. The first kappa shape index (κ1) is 15.7. The molecule has 0 spiro atoms. The van der Waals surface area contributed by atoms with Gasteiger partial charge in [-0.15, -0.1) is 0 Å². The van der Waals surface area contributed by atoms with Gasteiger partial charge in [-0.25, -0.2) is 0 Å². The molecule has 0 aromatic rings. The Labute approximate surface area is 102 Å². The van der Waals surface area contributed by atoms with E-state index in [-0.39, 0.29) is 18.6 Å². The molecule has 0 saturated heterocycles. The van der Waals surface area contributed by atoms with Crippen LogP contribution in [0, 0.1) is 5.92 Å². The highest BCUT2D eigenvalue weighted by atomic mass is 32.2. The van der Waals surface area contributed by atoms with Crippen molar-refractivity contribution in [3.05, 3.63) is 0 Å². The highest BCUT2D eigenvalue weighted by Crippen LogP contribution is 2.10. The third-order valence-corrected chi connectivity index (χ3v) is 3.43. The Balaban J connectivity index is 3.72. The van der Waals surface area contributed by atoms with Crippen molar-refractivity contribution in [1.82, 2.24) is 5.32 Å². The Hall–Kier alpha value is -0.260. The van der Waals surface area contributed by atoms with Crippen LogP contribution in [-0.2, 0) is 4.79 Å². The molecule has 0 aliphatic heterocycles. The highest BCUT2D eigenvalue weighted by molar-refractivity contribution is 7.99. The largest absolute Gasteiger partial charge is 0.480 e. The fourth-order valence-corrected chi connectivity index (χ4v) is 2.30. The van der Waals surface area contributed by atoms with Crippen LogP contribution in [-0.4, -0.2) is 46.4 Å². The number of rotatable bonds is 9. The first-order valence-electron chi connectivity index (χ1n) is 5.64. The van der Waals surface area contributed by atoms with Crippen LogP contribution in [0.15, 0.2) is 0 Å². The minimum Gasteiger partial charge on any atom is -0.480 e. The van der Waals surface area contributed by atoms with Crippen molar-refractivity contribution in [3.8, 4) is 0 Å². The number of hydrogen-bond donors (Lipinski definition) is 3. The predicted octanol–water partition coefficient (Wildman–Crippen LogP) is 1.19.